The van der Waals surface area contributed by atoms with Crippen LogP contribution in [0.5, 0.6) is 5.75 Å². The predicted molar refractivity (Wildman–Crippen MR) is 83.7 cm³/mol. The molecule has 1 heterocycles. The third-order valence-corrected chi connectivity index (χ3v) is 4.94. The molecule has 1 unspecified atom stereocenters. The first kappa shape index (κ1) is 16.8. The van der Waals surface area contributed by atoms with Crippen LogP contribution in [0.1, 0.15) is 12.8 Å². The summed E-state index contributed by atoms with van der Waals surface area (Å²) in [5, 5.41) is 3.23. The number of benzene rings is 1. The standard InChI is InChI=1S/C15H22N2O4S/c1-17(12-7-9-16-11-12)15(18)8-10-21-13-3-5-14(6-4-13)22(2,19)20/h3-6,12,16H,7-11H2,1-2H3. The summed E-state index contributed by atoms with van der Waals surface area (Å²) in [7, 11) is -1.38. The molecular formula is C15H22N2O4S. The fraction of sp³-hybridized carbons (Fsp3) is 0.533. The van der Waals surface area contributed by atoms with Gasteiger partial charge in [-0.2, -0.15) is 0 Å². The number of sulfone groups is 1. The fourth-order valence-electron chi connectivity index (χ4n) is 2.39. The van der Waals surface area contributed by atoms with Crippen molar-refractivity contribution >= 4 is 15.7 Å². The lowest BCUT2D eigenvalue weighted by molar-refractivity contribution is -0.132. The van der Waals surface area contributed by atoms with Crippen LogP contribution >= 0.6 is 0 Å². The number of ether oxygens (including phenoxy) is 1. The molecule has 0 spiro atoms. The van der Waals surface area contributed by atoms with Crippen molar-refractivity contribution in [2.24, 2.45) is 0 Å². The van der Waals surface area contributed by atoms with Crippen LogP contribution in [0.2, 0.25) is 0 Å². The zero-order valence-corrected chi connectivity index (χ0v) is 13.7. The molecule has 22 heavy (non-hydrogen) atoms. The van der Waals surface area contributed by atoms with Crippen molar-refractivity contribution in [3.63, 3.8) is 0 Å². The Morgan fingerprint density at radius 1 is 1.36 bits per heavy atom. The van der Waals surface area contributed by atoms with Crippen LogP contribution in [0, 0.1) is 0 Å². The van der Waals surface area contributed by atoms with E-state index in [1.54, 1.807) is 17.0 Å². The molecule has 6 nitrogen and oxygen atoms in total. The SMILES string of the molecule is CN(C(=O)CCOc1ccc(S(C)(=O)=O)cc1)C1CCNC1. The lowest BCUT2D eigenvalue weighted by Gasteiger charge is -2.23. The number of rotatable bonds is 6. The molecule has 0 radical (unpaired) electrons. The highest BCUT2D eigenvalue weighted by molar-refractivity contribution is 7.90. The van der Waals surface area contributed by atoms with Gasteiger partial charge < -0.3 is 15.0 Å². The predicted octanol–water partition coefficient (Wildman–Crippen LogP) is 0.679. The minimum Gasteiger partial charge on any atom is -0.493 e. The Labute approximate surface area is 131 Å². The topological polar surface area (TPSA) is 75.7 Å². The van der Waals surface area contributed by atoms with Crippen molar-refractivity contribution in [1.82, 2.24) is 10.2 Å². The van der Waals surface area contributed by atoms with Gasteiger partial charge in [0.1, 0.15) is 5.75 Å². The number of likely N-dealkylation sites (N-methyl/N-ethyl adjacent to an activating group) is 1. The normalized spacial score (nSPS) is 18.2. The van der Waals surface area contributed by atoms with Crippen molar-refractivity contribution in [1.29, 1.82) is 0 Å². The summed E-state index contributed by atoms with van der Waals surface area (Å²) in [6.07, 6.45) is 2.45. The third-order valence-electron chi connectivity index (χ3n) is 3.81. The number of nitrogens with one attached hydrogen (secondary N) is 1. The van der Waals surface area contributed by atoms with E-state index in [9.17, 15) is 13.2 Å². The van der Waals surface area contributed by atoms with Gasteiger partial charge in [0.25, 0.3) is 0 Å². The van der Waals surface area contributed by atoms with E-state index in [4.69, 9.17) is 4.74 Å². The lowest BCUT2D eigenvalue weighted by Crippen LogP contribution is -2.38. The number of hydrogen-bond acceptors (Lipinski definition) is 5. The Morgan fingerprint density at radius 3 is 2.59 bits per heavy atom. The van der Waals surface area contributed by atoms with Gasteiger partial charge in [0.15, 0.2) is 9.84 Å². The molecule has 1 amide bonds. The number of hydrogen-bond donors (Lipinski definition) is 1. The van der Waals surface area contributed by atoms with E-state index in [1.165, 1.54) is 12.1 Å². The zero-order chi connectivity index (χ0) is 16.2. The van der Waals surface area contributed by atoms with E-state index in [0.29, 0.717) is 12.2 Å². The Bertz CT molecular complexity index is 607. The van der Waals surface area contributed by atoms with Gasteiger partial charge in [0.2, 0.25) is 5.91 Å². The molecule has 0 saturated carbocycles. The minimum absolute atomic E-state index is 0.0569. The Morgan fingerprint density at radius 2 is 2.05 bits per heavy atom. The van der Waals surface area contributed by atoms with Gasteiger partial charge in [0, 0.05) is 25.9 Å². The van der Waals surface area contributed by atoms with Gasteiger partial charge >= 0.3 is 0 Å². The van der Waals surface area contributed by atoms with Gasteiger partial charge in [-0.3, -0.25) is 4.79 Å². The molecule has 1 aliphatic rings. The van der Waals surface area contributed by atoms with Gasteiger partial charge in [-0.25, -0.2) is 8.42 Å². The van der Waals surface area contributed by atoms with Gasteiger partial charge in [-0.15, -0.1) is 0 Å². The molecular weight excluding hydrogens is 304 g/mol. The van der Waals surface area contributed by atoms with Crippen molar-refractivity contribution in [3.8, 4) is 5.75 Å². The molecule has 0 aliphatic carbocycles. The molecule has 1 aromatic carbocycles. The Balaban J connectivity index is 1.79. The smallest absolute Gasteiger partial charge is 0.226 e. The van der Waals surface area contributed by atoms with Gasteiger partial charge in [0.05, 0.1) is 17.9 Å². The lowest BCUT2D eigenvalue weighted by atomic mass is 10.2. The Hall–Kier alpha value is -1.60. The van der Waals surface area contributed by atoms with Gasteiger partial charge in [-0.1, -0.05) is 0 Å². The fourth-order valence-corrected chi connectivity index (χ4v) is 3.02. The summed E-state index contributed by atoms with van der Waals surface area (Å²) in [4.78, 5) is 14.1. The molecule has 0 bridgehead atoms. The third kappa shape index (κ3) is 4.45. The van der Waals surface area contributed by atoms with Crippen molar-refractivity contribution < 1.29 is 17.9 Å². The summed E-state index contributed by atoms with van der Waals surface area (Å²) >= 11 is 0. The number of carbonyl (C=O) groups excluding carboxylic acids is 1. The molecule has 1 N–H and O–H groups in total. The van der Waals surface area contributed by atoms with Crippen LogP contribution in [0.3, 0.4) is 0 Å². The first-order chi connectivity index (χ1) is 10.4. The summed E-state index contributed by atoms with van der Waals surface area (Å²) in [6.45, 7) is 2.07. The molecule has 1 aromatic rings. The van der Waals surface area contributed by atoms with Crippen molar-refractivity contribution in [2.45, 2.75) is 23.8 Å². The molecule has 2 rings (SSSR count). The Kier molecular flexibility index (Phi) is 5.42. The molecule has 1 fully saturated rings. The van der Waals surface area contributed by atoms with E-state index in [0.717, 1.165) is 25.8 Å². The summed E-state index contributed by atoms with van der Waals surface area (Å²) in [5.41, 5.74) is 0. The van der Waals surface area contributed by atoms with Crippen LogP contribution in [-0.4, -0.2) is 58.3 Å². The average Bonchev–Trinajstić information content (AvgIpc) is 3.00. The van der Waals surface area contributed by atoms with E-state index >= 15 is 0 Å². The molecule has 7 heteroatoms. The van der Waals surface area contributed by atoms with Crippen LogP contribution in [0.25, 0.3) is 0 Å². The highest BCUT2D eigenvalue weighted by atomic mass is 32.2. The average molecular weight is 326 g/mol. The van der Waals surface area contributed by atoms with Crippen LogP contribution in [0.15, 0.2) is 29.2 Å². The van der Waals surface area contributed by atoms with E-state index in [-0.39, 0.29) is 23.5 Å². The monoisotopic (exact) mass is 326 g/mol. The minimum atomic E-state index is -3.20. The quantitative estimate of drug-likeness (QED) is 0.832. The second kappa shape index (κ2) is 7.11. The summed E-state index contributed by atoms with van der Waals surface area (Å²) in [6, 6.07) is 6.48. The van der Waals surface area contributed by atoms with Crippen LogP contribution in [-0.2, 0) is 14.6 Å². The second-order valence-electron chi connectivity index (χ2n) is 5.49. The van der Waals surface area contributed by atoms with Crippen LogP contribution in [0.4, 0.5) is 0 Å². The molecule has 1 atom stereocenters. The molecule has 1 aliphatic heterocycles. The van der Waals surface area contributed by atoms with E-state index in [2.05, 4.69) is 5.32 Å². The maximum absolute atomic E-state index is 12.0. The first-order valence-electron chi connectivity index (χ1n) is 7.27. The van der Waals surface area contributed by atoms with Gasteiger partial charge in [-0.05, 0) is 37.2 Å². The highest BCUT2D eigenvalue weighted by Gasteiger charge is 2.22. The second-order valence-corrected chi connectivity index (χ2v) is 7.51. The maximum Gasteiger partial charge on any atom is 0.226 e. The maximum atomic E-state index is 12.0. The highest BCUT2D eigenvalue weighted by Crippen LogP contribution is 2.16. The van der Waals surface area contributed by atoms with E-state index in [1.807, 2.05) is 7.05 Å². The number of nitrogens with zero attached hydrogens (tertiary/aromatic N) is 1. The molecule has 122 valence electrons. The first-order valence-corrected chi connectivity index (χ1v) is 9.16. The van der Waals surface area contributed by atoms with Crippen molar-refractivity contribution in [3.05, 3.63) is 24.3 Å². The van der Waals surface area contributed by atoms with Crippen molar-refractivity contribution in [2.75, 3.05) is 33.0 Å². The molecule has 0 aromatic heterocycles. The summed E-state index contributed by atoms with van der Waals surface area (Å²) < 4.78 is 28.2. The summed E-state index contributed by atoms with van der Waals surface area (Å²) in [5.74, 6) is 0.617. The van der Waals surface area contributed by atoms with E-state index < -0.39 is 9.84 Å². The van der Waals surface area contributed by atoms with Crippen LogP contribution < -0.4 is 10.1 Å². The number of carbonyl (C=O) groups is 1. The number of amides is 1. The zero-order valence-electron chi connectivity index (χ0n) is 12.9. The molecule has 1 saturated heterocycles. The largest absolute Gasteiger partial charge is 0.493 e.